The summed E-state index contributed by atoms with van der Waals surface area (Å²) in [6.07, 6.45) is 0.243. The molecule has 1 atom stereocenters. The Bertz CT molecular complexity index is 675. The first-order valence-electron chi connectivity index (χ1n) is 6.59. The van der Waals surface area contributed by atoms with E-state index in [0.29, 0.717) is 11.4 Å². The smallest absolute Gasteiger partial charge is 0.405 e. The quantitative estimate of drug-likeness (QED) is 0.800. The van der Waals surface area contributed by atoms with Gasteiger partial charge in [-0.25, -0.2) is 9.78 Å². The van der Waals surface area contributed by atoms with Crippen molar-refractivity contribution in [2.24, 2.45) is 0 Å². The van der Waals surface area contributed by atoms with E-state index >= 15 is 0 Å². The number of hydrogen-bond donors (Lipinski definition) is 3. The zero-order valence-electron chi connectivity index (χ0n) is 11.9. The Hall–Kier alpha value is -3.09. The van der Waals surface area contributed by atoms with E-state index < -0.39 is 18.0 Å². The lowest BCUT2D eigenvalue weighted by molar-refractivity contribution is -0.119. The van der Waals surface area contributed by atoms with Crippen molar-refractivity contribution in [1.29, 1.82) is 0 Å². The second-order valence-electron chi connectivity index (χ2n) is 4.60. The lowest BCUT2D eigenvalue weighted by Gasteiger charge is -2.25. The highest BCUT2D eigenvalue weighted by molar-refractivity contribution is 6.05. The fraction of sp³-hybridized carbons (Fsp3) is 0.133. The van der Waals surface area contributed by atoms with Crippen LogP contribution < -0.4 is 16.0 Å². The van der Waals surface area contributed by atoms with Crippen molar-refractivity contribution in [2.45, 2.75) is 13.0 Å². The zero-order valence-corrected chi connectivity index (χ0v) is 11.9. The van der Waals surface area contributed by atoms with Gasteiger partial charge in [0.25, 0.3) is 5.91 Å². The molecule has 0 aliphatic heterocycles. The van der Waals surface area contributed by atoms with Gasteiger partial charge >= 0.3 is 6.09 Å². The van der Waals surface area contributed by atoms with Crippen LogP contribution >= 0.6 is 0 Å². The van der Waals surface area contributed by atoms with Crippen LogP contribution in [0.2, 0.25) is 0 Å². The number of nitrogens with one attached hydrogen (secondary N) is 1. The average Bonchev–Trinajstić information content (AvgIpc) is 2.49. The first kappa shape index (κ1) is 15.3. The fourth-order valence-electron chi connectivity index (χ4n) is 1.97. The third kappa shape index (κ3) is 3.32. The van der Waals surface area contributed by atoms with Crippen LogP contribution in [-0.4, -0.2) is 28.1 Å². The molecule has 1 unspecified atom stereocenters. The van der Waals surface area contributed by atoms with E-state index in [-0.39, 0.29) is 5.82 Å². The predicted molar refractivity (Wildman–Crippen MR) is 82.9 cm³/mol. The molecule has 114 valence electrons. The summed E-state index contributed by atoms with van der Waals surface area (Å²) in [5, 5.41) is 10.9. The number of anilines is 3. The van der Waals surface area contributed by atoms with Crippen LogP contribution in [0.25, 0.3) is 0 Å². The van der Waals surface area contributed by atoms with Gasteiger partial charge in [-0.15, -0.1) is 0 Å². The second-order valence-corrected chi connectivity index (χ2v) is 4.60. The number of nitrogens with two attached hydrogens (primary N) is 1. The Morgan fingerprint density at radius 1 is 1.23 bits per heavy atom. The molecule has 0 saturated heterocycles. The Balaban J connectivity index is 2.45. The van der Waals surface area contributed by atoms with Gasteiger partial charge in [0, 0.05) is 6.20 Å². The largest absolute Gasteiger partial charge is 0.465 e. The molecule has 2 aromatic rings. The Labute approximate surface area is 127 Å². The molecule has 2 rings (SSSR count). The molecule has 0 radical (unpaired) electrons. The number of para-hydroxylation sites is 1. The number of carboxylic acid groups (broad SMARTS) is 1. The minimum Gasteiger partial charge on any atom is -0.465 e. The first-order valence-corrected chi connectivity index (χ1v) is 6.59. The van der Waals surface area contributed by atoms with Gasteiger partial charge in [-0.1, -0.05) is 18.2 Å². The number of aromatic nitrogens is 1. The number of hydrogen-bond acceptors (Lipinski definition) is 4. The number of carbonyl (C=O) groups is 2. The van der Waals surface area contributed by atoms with Gasteiger partial charge in [0.2, 0.25) is 0 Å². The van der Waals surface area contributed by atoms with Crippen LogP contribution in [0.15, 0.2) is 48.7 Å². The third-order valence-electron chi connectivity index (χ3n) is 2.97. The van der Waals surface area contributed by atoms with Gasteiger partial charge in [0.1, 0.15) is 6.04 Å². The van der Waals surface area contributed by atoms with Gasteiger partial charge in [-0.2, -0.15) is 0 Å². The maximum absolute atomic E-state index is 12.6. The van der Waals surface area contributed by atoms with Crippen molar-refractivity contribution < 1.29 is 14.7 Å². The molecule has 0 saturated carbocycles. The maximum Gasteiger partial charge on any atom is 0.405 e. The highest BCUT2D eigenvalue weighted by Crippen LogP contribution is 2.28. The number of benzene rings is 1. The Kier molecular flexibility index (Phi) is 4.57. The van der Waals surface area contributed by atoms with Crippen molar-refractivity contribution in [2.75, 3.05) is 10.6 Å². The topological polar surface area (TPSA) is 109 Å². The number of pyridine rings is 1. The number of rotatable bonds is 4. The summed E-state index contributed by atoms with van der Waals surface area (Å²) in [6.45, 7) is 1.46. The molecule has 0 fully saturated rings. The monoisotopic (exact) mass is 300 g/mol. The van der Waals surface area contributed by atoms with E-state index in [9.17, 15) is 9.59 Å². The molecule has 7 heteroatoms. The summed E-state index contributed by atoms with van der Waals surface area (Å²) in [5.74, 6) is -0.211. The number of amides is 2. The zero-order chi connectivity index (χ0) is 16.1. The average molecular weight is 300 g/mol. The SMILES string of the molecule is CC(NC(=O)O)C(=O)N(c1ccccc1)c1ncccc1N. The molecule has 7 nitrogen and oxygen atoms in total. The van der Waals surface area contributed by atoms with Gasteiger partial charge in [-0.3, -0.25) is 9.69 Å². The van der Waals surface area contributed by atoms with E-state index in [4.69, 9.17) is 10.8 Å². The summed E-state index contributed by atoms with van der Waals surface area (Å²) >= 11 is 0. The van der Waals surface area contributed by atoms with E-state index in [2.05, 4.69) is 10.3 Å². The minimum atomic E-state index is -1.28. The molecular formula is C15H16N4O3. The van der Waals surface area contributed by atoms with Crippen LogP contribution in [0.5, 0.6) is 0 Å². The summed E-state index contributed by atoms with van der Waals surface area (Å²) in [5.41, 5.74) is 6.78. The van der Waals surface area contributed by atoms with Gasteiger partial charge in [0.05, 0.1) is 11.4 Å². The van der Waals surface area contributed by atoms with Crippen LogP contribution in [-0.2, 0) is 4.79 Å². The molecule has 22 heavy (non-hydrogen) atoms. The molecular weight excluding hydrogens is 284 g/mol. The molecule has 0 aliphatic rings. The maximum atomic E-state index is 12.6. The fourth-order valence-corrected chi connectivity index (χ4v) is 1.97. The van der Waals surface area contributed by atoms with Crippen molar-refractivity contribution in [1.82, 2.24) is 10.3 Å². The van der Waals surface area contributed by atoms with Crippen molar-refractivity contribution >= 4 is 29.2 Å². The second kappa shape index (κ2) is 6.57. The summed E-state index contributed by atoms with van der Waals surface area (Å²) in [7, 11) is 0. The van der Waals surface area contributed by atoms with Gasteiger partial charge < -0.3 is 16.2 Å². The van der Waals surface area contributed by atoms with Crippen molar-refractivity contribution in [3.8, 4) is 0 Å². The molecule has 1 aromatic carbocycles. The van der Waals surface area contributed by atoms with E-state index in [0.717, 1.165) is 0 Å². The van der Waals surface area contributed by atoms with Crippen LogP contribution in [0.1, 0.15) is 6.92 Å². The molecule has 2 amide bonds. The molecule has 0 aliphatic carbocycles. The lowest BCUT2D eigenvalue weighted by Crippen LogP contribution is -2.45. The number of carbonyl (C=O) groups excluding carboxylic acids is 1. The number of nitrogens with zero attached hydrogens (tertiary/aromatic N) is 2. The summed E-state index contributed by atoms with van der Waals surface area (Å²) in [6, 6.07) is 11.1. The lowest BCUT2D eigenvalue weighted by atomic mass is 10.2. The van der Waals surface area contributed by atoms with Crippen LogP contribution in [0.3, 0.4) is 0 Å². The van der Waals surface area contributed by atoms with Crippen LogP contribution in [0.4, 0.5) is 22.0 Å². The molecule has 4 N–H and O–H groups in total. The molecule has 0 spiro atoms. The van der Waals surface area contributed by atoms with Crippen molar-refractivity contribution in [3.05, 3.63) is 48.7 Å². The van der Waals surface area contributed by atoms with Crippen molar-refractivity contribution in [3.63, 3.8) is 0 Å². The van der Waals surface area contributed by atoms with Gasteiger partial charge in [0.15, 0.2) is 5.82 Å². The normalized spacial score (nSPS) is 11.5. The van der Waals surface area contributed by atoms with Gasteiger partial charge in [-0.05, 0) is 31.2 Å². The standard InChI is InChI=1S/C15H16N4O3/c1-10(18-15(21)22)14(20)19(11-6-3-2-4-7-11)13-12(16)8-5-9-17-13/h2-10,18H,16H2,1H3,(H,21,22). The van der Waals surface area contributed by atoms with E-state index in [1.807, 2.05) is 6.07 Å². The third-order valence-corrected chi connectivity index (χ3v) is 2.97. The first-order chi connectivity index (χ1) is 10.5. The molecule has 0 bridgehead atoms. The highest BCUT2D eigenvalue weighted by Gasteiger charge is 2.26. The summed E-state index contributed by atoms with van der Waals surface area (Å²) in [4.78, 5) is 28.8. The molecule has 1 heterocycles. The molecule has 1 aromatic heterocycles. The van der Waals surface area contributed by atoms with E-state index in [1.165, 1.54) is 18.0 Å². The van der Waals surface area contributed by atoms with Crippen LogP contribution in [0, 0.1) is 0 Å². The van der Waals surface area contributed by atoms with E-state index in [1.54, 1.807) is 36.4 Å². The highest BCUT2D eigenvalue weighted by atomic mass is 16.4. The Morgan fingerprint density at radius 3 is 2.50 bits per heavy atom. The predicted octanol–water partition coefficient (Wildman–Crippen LogP) is 1.98. The minimum absolute atomic E-state index is 0.262. The Morgan fingerprint density at radius 2 is 1.91 bits per heavy atom. The summed E-state index contributed by atoms with van der Waals surface area (Å²) < 4.78 is 0. The number of nitrogen functional groups attached to an aromatic ring is 1.